The van der Waals surface area contributed by atoms with Gasteiger partial charge in [-0.05, 0) is 67.4 Å². The van der Waals surface area contributed by atoms with E-state index in [1.165, 1.54) is 12.1 Å². The van der Waals surface area contributed by atoms with Crippen LogP contribution in [0.1, 0.15) is 39.6 Å². The fraction of sp³-hybridized carbons (Fsp3) is 0.240. The van der Waals surface area contributed by atoms with Crippen molar-refractivity contribution in [2.45, 2.75) is 20.0 Å². The highest BCUT2D eigenvalue weighted by atomic mass is 16.5. The number of nitrogens with one attached hydrogen (secondary N) is 2. The zero-order valence-corrected chi connectivity index (χ0v) is 18.4. The van der Waals surface area contributed by atoms with Crippen molar-refractivity contribution in [3.63, 3.8) is 0 Å². The predicted molar refractivity (Wildman–Crippen MR) is 124 cm³/mol. The number of ether oxygens (including phenoxy) is 2. The van der Waals surface area contributed by atoms with Gasteiger partial charge in [-0.3, -0.25) is 14.6 Å². The van der Waals surface area contributed by atoms with Crippen LogP contribution in [0.4, 0.5) is 0 Å². The molecule has 0 bridgehead atoms. The highest BCUT2D eigenvalue weighted by molar-refractivity contribution is 5.95. The molecule has 2 amide bonds. The summed E-state index contributed by atoms with van der Waals surface area (Å²) in [5.74, 6) is 0.574. The molecule has 0 saturated carbocycles. The number of aromatic hydroxyl groups is 1. The van der Waals surface area contributed by atoms with Gasteiger partial charge >= 0.3 is 0 Å². The second-order valence-electron chi connectivity index (χ2n) is 7.15. The summed E-state index contributed by atoms with van der Waals surface area (Å²) in [6.07, 6.45) is 3.96. The molecule has 0 aliphatic carbocycles. The van der Waals surface area contributed by atoms with Crippen LogP contribution in [0, 0.1) is 0 Å². The van der Waals surface area contributed by atoms with Crippen LogP contribution in [0.3, 0.4) is 0 Å². The van der Waals surface area contributed by atoms with Crippen LogP contribution in [0.5, 0.6) is 17.2 Å². The van der Waals surface area contributed by atoms with Gasteiger partial charge in [0.2, 0.25) is 0 Å². The van der Waals surface area contributed by atoms with Gasteiger partial charge < -0.3 is 25.2 Å². The molecule has 0 aliphatic rings. The molecule has 33 heavy (non-hydrogen) atoms. The Labute approximate surface area is 192 Å². The Morgan fingerprint density at radius 3 is 2.24 bits per heavy atom. The Morgan fingerprint density at radius 1 is 0.879 bits per heavy atom. The Balaban J connectivity index is 1.47. The minimum atomic E-state index is -0.277. The summed E-state index contributed by atoms with van der Waals surface area (Å²) < 4.78 is 11.5. The lowest BCUT2D eigenvalue weighted by molar-refractivity contribution is 0.0951. The number of rotatable bonds is 11. The lowest BCUT2D eigenvalue weighted by Gasteiger charge is -2.13. The number of nitrogens with zero attached hydrogens (tertiary/aromatic N) is 1. The maximum Gasteiger partial charge on any atom is 0.251 e. The molecule has 1 heterocycles. The highest BCUT2D eigenvalue weighted by Crippen LogP contribution is 2.29. The zero-order valence-electron chi connectivity index (χ0n) is 18.4. The first-order valence-electron chi connectivity index (χ1n) is 10.7. The molecule has 0 spiro atoms. The molecular formula is C25H27N3O5. The van der Waals surface area contributed by atoms with E-state index >= 15 is 0 Å². The number of amides is 2. The molecular weight excluding hydrogens is 422 g/mol. The average molecular weight is 450 g/mol. The second kappa shape index (κ2) is 12.1. The molecule has 3 aromatic rings. The van der Waals surface area contributed by atoms with E-state index in [0.717, 1.165) is 5.56 Å². The van der Waals surface area contributed by atoms with Gasteiger partial charge in [-0.2, -0.15) is 0 Å². The summed E-state index contributed by atoms with van der Waals surface area (Å²) in [6.45, 7) is 3.45. The summed E-state index contributed by atoms with van der Waals surface area (Å²) in [7, 11) is 0. The lowest BCUT2D eigenvalue weighted by atomic mass is 10.2. The molecule has 8 heteroatoms. The van der Waals surface area contributed by atoms with Crippen molar-refractivity contribution >= 4 is 11.8 Å². The molecule has 172 valence electrons. The molecule has 3 rings (SSSR count). The molecule has 3 N–H and O–H groups in total. The molecule has 2 aromatic carbocycles. The Hall–Kier alpha value is -4.07. The van der Waals surface area contributed by atoms with Crippen LogP contribution in [0.25, 0.3) is 0 Å². The van der Waals surface area contributed by atoms with Gasteiger partial charge in [-0.25, -0.2) is 0 Å². The third kappa shape index (κ3) is 7.24. The fourth-order valence-electron chi connectivity index (χ4n) is 3.02. The van der Waals surface area contributed by atoms with Gasteiger partial charge in [0, 0.05) is 36.6 Å². The predicted octanol–water partition coefficient (Wildman–Crippen LogP) is 3.31. The van der Waals surface area contributed by atoms with Crippen LogP contribution in [-0.2, 0) is 6.61 Å². The first-order valence-corrected chi connectivity index (χ1v) is 10.7. The summed E-state index contributed by atoms with van der Waals surface area (Å²) in [6, 6.07) is 14.9. The van der Waals surface area contributed by atoms with Crippen LogP contribution >= 0.6 is 0 Å². The summed E-state index contributed by atoms with van der Waals surface area (Å²) in [5, 5.41) is 15.0. The van der Waals surface area contributed by atoms with Crippen LogP contribution in [-0.4, -0.2) is 41.6 Å². The van der Waals surface area contributed by atoms with Crippen molar-refractivity contribution < 1.29 is 24.2 Å². The van der Waals surface area contributed by atoms with E-state index in [1.54, 1.807) is 42.7 Å². The number of phenols is 1. The number of hydrogen-bond acceptors (Lipinski definition) is 6. The van der Waals surface area contributed by atoms with E-state index in [9.17, 15) is 14.7 Å². The first-order chi connectivity index (χ1) is 16.1. The van der Waals surface area contributed by atoms with Gasteiger partial charge in [-0.1, -0.05) is 6.07 Å². The topological polar surface area (TPSA) is 110 Å². The smallest absolute Gasteiger partial charge is 0.251 e. The zero-order chi connectivity index (χ0) is 23.5. The van der Waals surface area contributed by atoms with Crippen molar-refractivity contribution in [1.82, 2.24) is 15.6 Å². The third-order valence-electron chi connectivity index (χ3n) is 4.68. The van der Waals surface area contributed by atoms with Gasteiger partial charge in [-0.15, -0.1) is 0 Å². The summed E-state index contributed by atoms with van der Waals surface area (Å²) in [5.41, 5.74) is 1.82. The fourth-order valence-corrected chi connectivity index (χ4v) is 3.02. The standard InChI is InChI=1S/C25H27N3O5/c1-2-32-23-16-20(7-8-22(23)33-17-18-9-13-26-14-10-18)25(31)28-12-4-11-27-24(30)19-5-3-6-21(29)15-19/h3,5-10,13-16,29H,2,4,11-12,17H2,1H3,(H,27,30)(H,28,31). The van der Waals surface area contributed by atoms with Crippen LogP contribution < -0.4 is 20.1 Å². The Morgan fingerprint density at radius 2 is 1.58 bits per heavy atom. The highest BCUT2D eigenvalue weighted by Gasteiger charge is 2.12. The van der Waals surface area contributed by atoms with Crippen molar-refractivity contribution in [2.24, 2.45) is 0 Å². The number of carbonyl (C=O) groups is 2. The second-order valence-corrected chi connectivity index (χ2v) is 7.15. The molecule has 8 nitrogen and oxygen atoms in total. The normalized spacial score (nSPS) is 10.3. The lowest BCUT2D eigenvalue weighted by Crippen LogP contribution is -2.29. The summed E-state index contributed by atoms with van der Waals surface area (Å²) >= 11 is 0. The molecule has 0 unspecified atom stereocenters. The maximum absolute atomic E-state index is 12.5. The van der Waals surface area contributed by atoms with Crippen molar-refractivity contribution in [3.05, 3.63) is 83.7 Å². The largest absolute Gasteiger partial charge is 0.508 e. The third-order valence-corrected chi connectivity index (χ3v) is 4.68. The SMILES string of the molecule is CCOc1cc(C(=O)NCCCNC(=O)c2cccc(O)c2)ccc1OCc1ccncc1. The van der Waals surface area contributed by atoms with Gasteiger partial charge in [0.05, 0.1) is 6.61 Å². The maximum atomic E-state index is 12.5. The number of carbonyl (C=O) groups excluding carboxylic acids is 2. The van der Waals surface area contributed by atoms with E-state index in [-0.39, 0.29) is 17.6 Å². The summed E-state index contributed by atoms with van der Waals surface area (Å²) in [4.78, 5) is 28.6. The number of hydrogen-bond donors (Lipinski definition) is 3. The minimum Gasteiger partial charge on any atom is -0.508 e. The van der Waals surface area contributed by atoms with Crippen LogP contribution in [0.15, 0.2) is 67.0 Å². The molecule has 0 saturated heterocycles. The van der Waals surface area contributed by atoms with Gasteiger partial charge in [0.15, 0.2) is 11.5 Å². The van der Waals surface area contributed by atoms with Crippen molar-refractivity contribution in [2.75, 3.05) is 19.7 Å². The van der Waals surface area contributed by atoms with E-state index in [0.29, 0.717) is 55.4 Å². The molecule has 0 radical (unpaired) electrons. The van der Waals surface area contributed by atoms with Crippen molar-refractivity contribution in [3.8, 4) is 17.2 Å². The van der Waals surface area contributed by atoms with Crippen molar-refractivity contribution in [1.29, 1.82) is 0 Å². The monoisotopic (exact) mass is 449 g/mol. The average Bonchev–Trinajstić information content (AvgIpc) is 2.83. The van der Waals surface area contributed by atoms with E-state index in [1.807, 2.05) is 19.1 Å². The van der Waals surface area contributed by atoms with Gasteiger partial charge in [0.1, 0.15) is 12.4 Å². The van der Waals surface area contributed by atoms with Gasteiger partial charge in [0.25, 0.3) is 11.8 Å². The van der Waals surface area contributed by atoms with E-state index < -0.39 is 0 Å². The Kier molecular flexibility index (Phi) is 8.64. The molecule has 0 atom stereocenters. The number of benzene rings is 2. The molecule has 0 aliphatic heterocycles. The number of pyridine rings is 1. The number of phenolic OH excluding ortho intramolecular Hbond substituents is 1. The Bertz CT molecular complexity index is 1070. The quantitative estimate of drug-likeness (QED) is 0.388. The van der Waals surface area contributed by atoms with Crippen LogP contribution in [0.2, 0.25) is 0 Å². The minimum absolute atomic E-state index is 0.0371. The van der Waals surface area contributed by atoms with E-state index in [4.69, 9.17) is 9.47 Å². The molecule has 1 aromatic heterocycles. The number of aromatic nitrogens is 1. The first kappa shape index (κ1) is 23.6. The van der Waals surface area contributed by atoms with E-state index in [2.05, 4.69) is 15.6 Å². The molecule has 0 fully saturated rings.